The van der Waals surface area contributed by atoms with E-state index in [-0.39, 0.29) is 24.0 Å². The molecule has 19 heavy (non-hydrogen) atoms. The van der Waals surface area contributed by atoms with Crippen LogP contribution >= 0.6 is 24.0 Å². The number of hydrogen-bond acceptors (Lipinski definition) is 2. The molecular formula is C13H22IN5. The summed E-state index contributed by atoms with van der Waals surface area (Å²) in [6, 6.07) is 2.45. The highest BCUT2D eigenvalue weighted by Crippen LogP contribution is 2.08. The molecule has 6 heteroatoms. The molecule has 0 fully saturated rings. The largest absolute Gasteiger partial charge is 0.356 e. The Morgan fingerprint density at radius 1 is 1.42 bits per heavy atom. The van der Waals surface area contributed by atoms with Crippen LogP contribution in [0.2, 0.25) is 0 Å². The summed E-state index contributed by atoms with van der Waals surface area (Å²) in [6.07, 6.45) is 11.4. The first-order valence-corrected chi connectivity index (χ1v) is 6.48. The lowest BCUT2D eigenvalue weighted by atomic mass is 10.2. The molecule has 2 rings (SSSR count). The number of aliphatic imine (C=N–C) groups is 1. The van der Waals surface area contributed by atoms with Gasteiger partial charge >= 0.3 is 0 Å². The number of rotatable bonds is 5. The average Bonchev–Trinajstić information content (AvgIpc) is 3.06. The van der Waals surface area contributed by atoms with Crippen LogP contribution in [-0.4, -0.2) is 35.4 Å². The van der Waals surface area contributed by atoms with E-state index in [9.17, 15) is 0 Å². The van der Waals surface area contributed by atoms with Crippen LogP contribution in [0.3, 0.4) is 0 Å². The second-order valence-electron chi connectivity index (χ2n) is 4.41. The van der Waals surface area contributed by atoms with Gasteiger partial charge in [-0.3, -0.25) is 9.67 Å². The summed E-state index contributed by atoms with van der Waals surface area (Å²) in [6.45, 7) is 1.83. The minimum Gasteiger partial charge on any atom is -0.356 e. The molecule has 0 bridgehead atoms. The molecule has 0 radical (unpaired) electrons. The van der Waals surface area contributed by atoms with E-state index in [1.807, 2.05) is 24.0 Å². The van der Waals surface area contributed by atoms with Gasteiger partial charge in [0.1, 0.15) is 0 Å². The number of nitrogens with zero attached hydrogens (tertiary/aromatic N) is 3. The number of nitrogens with one attached hydrogen (secondary N) is 2. The second-order valence-corrected chi connectivity index (χ2v) is 4.41. The van der Waals surface area contributed by atoms with Crippen molar-refractivity contribution in [2.45, 2.75) is 31.8 Å². The van der Waals surface area contributed by atoms with Gasteiger partial charge in [-0.15, -0.1) is 24.0 Å². The van der Waals surface area contributed by atoms with Crippen LogP contribution in [0, 0.1) is 0 Å². The van der Waals surface area contributed by atoms with E-state index in [0.717, 1.165) is 38.3 Å². The molecule has 1 aliphatic carbocycles. The molecule has 1 aromatic rings. The summed E-state index contributed by atoms with van der Waals surface area (Å²) >= 11 is 0. The molecule has 1 aliphatic rings. The summed E-state index contributed by atoms with van der Waals surface area (Å²) in [5.74, 6) is 0.893. The first kappa shape index (κ1) is 16.0. The summed E-state index contributed by atoms with van der Waals surface area (Å²) < 4.78 is 1.94. The molecular weight excluding hydrogens is 353 g/mol. The Balaban J connectivity index is 0.00000180. The minimum atomic E-state index is 0. The van der Waals surface area contributed by atoms with Crippen LogP contribution in [0.5, 0.6) is 0 Å². The van der Waals surface area contributed by atoms with Crippen molar-refractivity contribution >= 4 is 29.9 Å². The Kier molecular flexibility index (Phi) is 7.54. The average molecular weight is 375 g/mol. The maximum atomic E-state index is 4.23. The first-order chi connectivity index (χ1) is 8.88. The van der Waals surface area contributed by atoms with Crippen molar-refractivity contribution in [1.82, 2.24) is 20.4 Å². The fraction of sp³-hybridized carbons (Fsp3) is 0.538. The molecule has 0 saturated heterocycles. The third-order valence-corrected chi connectivity index (χ3v) is 2.99. The van der Waals surface area contributed by atoms with Crippen LogP contribution in [0.25, 0.3) is 0 Å². The Hall–Kier alpha value is -1.05. The smallest absolute Gasteiger partial charge is 0.191 e. The van der Waals surface area contributed by atoms with E-state index >= 15 is 0 Å². The number of aryl methyl sites for hydroxylation is 1. The topological polar surface area (TPSA) is 54.2 Å². The van der Waals surface area contributed by atoms with Crippen LogP contribution in [0.1, 0.15) is 19.3 Å². The van der Waals surface area contributed by atoms with Crippen LogP contribution < -0.4 is 10.6 Å². The van der Waals surface area contributed by atoms with E-state index in [1.165, 1.54) is 0 Å². The number of guanidine groups is 1. The Labute approximate surface area is 131 Å². The molecule has 5 nitrogen and oxygen atoms in total. The van der Waals surface area contributed by atoms with Gasteiger partial charge in [-0.05, 0) is 25.3 Å². The van der Waals surface area contributed by atoms with Gasteiger partial charge in [-0.25, -0.2) is 0 Å². The van der Waals surface area contributed by atoms with Crippen LogP contribution in [0.15, 0.2) is 35.6 Å². The first-order valence-electron chi connectivity index (χ1n) is 6.48. The molecule has 0 saturated carbocycles. The standard InChI is InChI=1S/C13H21N5.HI/c1-14-13(17-12-6-2-3-7-12)15-8-4-10-18-11-5-9-16-18;/h2-3,5,9,11-12H,4,6-8,10H2,1H3,(H2,14,15,17);1H. The quantitative estimate of drug-likeness (QED) is 0.271. The van der Waals surface area contributed by atoms with Crippen molar-refractivity contribution in [3.63, 3.8) is 0 Å². The van der Waals surface area contributed by atoms with Crippen LogP contribution in [-0.2, 0) is 6.54 Å². The van der Waals surface area contributed by atoms with Crippen molar-refractivity contribution in [2.75, 3.05) is 13.6 Å². The molecule has 0 spiro atoms. The predicted octanol–water partition coefficient (Wildman–Crippen LogP) is 1.77. The van der Waals surface area contributed by atoms with Gasteiger partial charge in [0.2, 0.25) is 0 Å². The number of halogens is 1. The third-order valence-electron chi connectivity index (χ3n) is 2.99. The molecule has 0 atom stereocenters. The fourth-order valence-electron chi connectivity index (χ4n) is 2.00. The molecule has 1 aromatic heterocycles. The van der Waals surface area contributed by atoms with E-state index in [4.69, 9.17) is 0 Å². The van der Waals surface area contributed by atoms with E-state index in [0.29, 0.717) is 6.04 Å². The summed E-state index contributed by atoms with van der Waals surface area (Å²) in [5, 5.41) is 10.9. The zero-order chi connectivity index (χ0) is 12.6. The van der Waals surface area contributed by atoms with Crippen molar-refractivity contribution in [2.24, 2.45) is 4.99 Å². The lowest BCUT2D eigenvalue weighted by Gasteiger charge is -2.16. The predicted molar refractivity (Wildman–Crippen MR) is 88.9 cm³/mol. The lowest BCUT2D eigenvalue weighted by Crippen LogP contribution is -2.42. The van der Waals surface area contributed by atoms with Crippen molar-refractivity contribution in [3.05, 3.63) is 30.6 Å². The third kappa shape index (κ3) is 5.63. The molecule has 106 valence electrons. The fourth-order valence-corrected chi connectivity index (χ4v) is 2.00. The molecule has 0 aliphatic heterocycles. The highest BCUT2D eigenvalue weighted by molar-refractivity contribution is 14.0. The van der Waals surface area contributed by atoms with Gasteiger partial charge in [0, 0.05) is 38.6 Å². The maximum absolute atomic E-state index is 4.23. The lowest BCUT2D eigenvalue weighted by molar-refractivity contribution is 0.564. The minimum absolute atomic E-state index is 0. The number of aromatic nitrogens is 2. The van der Waals surface area contributed by atoms with Gasteiger partial charge in [0.15, 0.2) is 5.96 Å². The SMILES string of the molecule is CN=C(NCCCn1cccn1)NC1CC=CC1.I. The molecule has 2 N–H and O–H groups in total. The highest BCUT2D eigenvalue weighted by atomic mass is 127. The maximum Gasteiger partial charge on any atom is 0.191 e. The van der Waals surface area contributed by atoms with Crippen LogP contribution in [0.4, 0.5) is 0 Å². The molecule has 0 amide bonds. The van der Waals surface area contributed by atoms with Crippen molar-refractivity contribution < 1.29 is 0 Å². The van der Waals surface area contributed by atoms with E-state index < -0.39 is 0 Å². The Morgan fingerprint density at radius 3 is 2.84 bits per heavy atom. The number of hydrogen-bond donors (Lipinski definition) is 2. The Morgan fingerprint density at radius 2 is 2.21 bits per heavy atom. The molecule has 0 unspecified atom stereocenters. The van der Waals surface area contributed by atoms with Gasteiger partial charge in [-0.2, -0.15) is 5.10 Å². The molecule has 1 heterocycles. The van der Waals surface area contributed by atoms with E-state index in [1.54, 1.807) is 6.20 Å². The van der Waals surface area contributed by atoms with Crippen molar-refractivity contribution in [1.29, 1.82) is 0 Å². The van der Waals surface area contributed by atoms with Gasteiger partial charge < -0.3 is 10.6 Å². The zero-order valence-electron chi connectivity index (χ0n) is 11.2. The highest BCUT2D eigenvalue weighted by Gasteiger charge is 2.10. The summed E-state index contributed by atoms with van der Waals surface area (Å²) in [5.41, 5.74) is 0. The monoisotopic (exact) mass is 375 g/mol. The summed E-state index contributed by atoms with van der Waals surface area (Å²) in [4.78, 5) is 4.23. The van der Waals surface area contributed by atoms with E-state index in [2.05, 4.69) is 32.9 Å². The van der Waals surface area contributed by atoms with Gasteiger partial charge in [-0.1, -0.05) is 12.2 Å². The van der Waals surface area contributed by atoms with Gasteiger partial charge in [0.05, 0.1) is 0 Å². The van der Waals surface area contributed by atoms with Crippen molar-refractivity contribution in [3.8, 4) is 0 Å². The molecule has 0 aromatic carbocycles. The summed E-state index contributed by atoms with van der Waals surface area (Å²) in [7, 11) is 1.81. The second kappa shape index (κ2) is 8.95. The Bertz CT molecular complexity index is 391. The zero-order valence-corrected chi connectivity index (χ0v) is 13.6. The van der Waals surface area contributed by atoms with Gasteiger partial charge in [0.25, 0.3) is 0 Å². The normalized spacial score (nSPS) is 15.3.